The normalized spacial score (nSPS) is 16.5. The molecule has 1 aliphatic rings. The highest BCUT2D eigenvalue weighted by atomic mass is 32.2. The van der Waals surface area contributed by atoms with E-state index in [-0.39, 0.29) is 0 Å². The third-order valence-electron chi connectivity index (χ3n) is 3.89. The van der Waals surface area contributed by atoms with Crippen LogP contribution in [0.25, 0.3) is 0 Å². The molecule has 2 heteroatoms. The average molecular weight is 272 g/mol. The van der Waals surface area contributed by atoms with Crippen molar-refractivity contribution in [2.24, 2.45) is 0 Å². The molecule has 108 valence electrons. The highest BCUT2D eigenvalue weighted by Crippen LogP contribution is 2.12. The number of likely N-dealkylation sites (tertiary alicyclic amines) is 1. The Hall–Kier alpha value is 0.310. The van der Waals surface area contributed by atoms with Crippen LogP contribution in [0.5, 0.6) is 0 Å². The molecule has 0 radical (unpaired) electrons. The summed E-state index contributed by atoms with van der Waals surface area (Å²) >= 11 is 2.17. The zero-order chi connectivity index (χ0) is 12.9. The van der Waals surface area contributed by atoms with Gasteiger partial charge in [-0.1, -0.05) is 51.9 Å². The molecular formula is C16H33NS. The van der Waals surface area contributed by atoms with Gasteiger partial charge in [-0.05, 0) is 38.1 Å². The van der Waals surface area contributed by atoms with Crippen molar-refractivity contribution in [3.05, 3.63) is 0 Å². The van der Waals surface area contributed by atoms with Crippen molar-refractivity contribution in [1.29, 1.82) is 0 Å². The first-order valence-corrected chi connectivity index (χ1v) is 9.39. The van der Waals surface area contributed by atoms with Gasteiger partial charge in [0.25, 0.3) is 0 Å². The molecule has 1 saturated heterocycles. The smallest absolute Gasteiger partial charge is 0.00723 e. The predicted molar refractivity (Wildman–Crippen MR) is 85.6 cm³/mol. The lowest BCUT2D eigenvalue weighted by molar-refractivity contribution is 0.362. The van der Waals surface area contributed by atoms with Crippen molar-refractivity contribution in [2.45, 2.75) is 71.1 Å². The summed E-state index contributed by atoms with van der Waals surface area (Å²) in [5.41, 5.74) is 0. The van der Waals surface area contributed by atoms with Crippen molar-refractivity contribution >= 4 is 11.8 Å². The van der Waals surface area contributed by atoms with Crippen molar-refractivity contribution < 1.29 is 0 Å². The fraction of sp³-hybridized carbons (Fsp3) is 1.00. The van der Waals surface area contributed by atoms with E-state index >= 15 is 0 Å². The Morgan fingerprint density at radius 2 is 1.39 bits per heavy atom. The molecule has 0 unspecified atom stereocenters. The fourth-order valence-corrected chi connectivity index (χ4v) is 3.64. The molecule has 1 heterocycles. The Labute approximate surface area is 119 Å². The van der Waals surface area contributed by atoms with Crippen molar-refractivity contribution in [2.75, 3.05) is 31.1 Å². The van der Waals surface area contributed by atoms with E-state index in [1.807, 2.05) is 0 Å². The summed E-state index contributed by atoms with van der Waals surface area (Å²) in [4.78, 5) is 2.63. The molecule has 0 atom stereocenters. The first-order chi connectivity index (χ1) is 8.93. The second-order valence-electron chi connectivity index (χ2n) is 5.64. The minimum absolute atomic E-state index is 1.34. The van der Waals surface area contributed by atoms with Crippen LogP contribution in [0.2, 0.25) is 0 Å². The first-order valence-electron chi connectivity index (χ1n) is 8.23. The summed E-state index contributed by atoms with van der Waals surface area (Å²) in [6.07, 6.45) is 14.4. The third-order valence-corrected chi connectivity index (χ3v) is 4.94. The van der Waals surface area contributed by atoms with Crippen LogP contribution in [0.15, 0.2) is 0 Å². The van der Waals surface area contributed by atoms with Crippen LogP contribution in [-0.2, 0) is 0 Å². The molecule has 18 heavy (non-hydrogen) atoms. The maximum atomic E-state index is 2.63. The number of hydrogen-bond acceptors (Lipinski definition) is 2. The van der Waals surface area contributed by atoms with Crippen molar-refractivity contribution in [3.8, 4) is 0 Å². The number of unbranched alkanes of at least 4 members (excludes halogenated alkanes) is 7. The van der Waals surface area contributed by atoms with Gasteiger partial charge in [0, 0.05) is 12.3 Å². The quantitative estimate of drug-likeness (QED) is 0.462. The fourth-order valence-electron chi connectivity index (χ4n) is 2.64. The molecule has 1 fully saturated rings. The second-order valence-corrected chi connectivity index (χ2v) is 6.86. The van der Waals surface area contributed by atoms with Gasteiger partial charge in [0.2, 0.25) is 0 Å². The average Bonchev–Trinajstić information content (AvgIpc) is 2.89. The molecule has 0 saturated carbocycles. The second kappa shape index (κ2) is 12.3. The van der Waals surface area contributed by atoms with Crippen LogP contribution in [0.1, 0.15) is 71.1 Å². The molecule has 1 rings (SSSR count). The van der Waals surface area contributed by atoms with Gasteiger partial charge < -0.3 is 4.90 Å². The minimum Gasteiger partial charge on any atom is -0.303 e. The summed E-state index contributed by atoms with van der Waals surface area (Å²) in [5.74, 6) is 2.75. The maximum Gasteiger partial charge on any atom is 0.00723 e. The van der Waals surface area contributed by atoms with E-state index in [9.17, 15) is 0 Å². The van der Waals surface area contributed by atoms with Gasteiger partial charge in [-0.2, -0.15) is 11.8 Å². The largest absolute Gasteiger partial charge is 0.303 e. The zero-order valence-corrected chi connectivity index (χ0v) is 13.3. The van der Waals surface area contributed by atoms with Crippen LogP contribution in [0.4, 0.5) is 0 Å². The number of hydrogen-bond donors (Lipinski definition) is 0. The van der Waals surface area contributed by atoms with Gasteiger partial charge in [0.15, 0.2) is 0 Å². The number of nitrogens with zero attached hydrogens (tertiary/aromatic N) is 1. The summed E-state index contributed by atoms with van der Waals surface area (Å²) in [6, 6.07) is 0. The minimum atomic E-state index is 1.34. The Balaban J connectivity index is 1.68. The SMILES string of the molecule is CCCCCCCCCCSCCN1CCCC1. The molecule has 0 N–H and O–H groups in total. The van der Waals surface area contributed by atoms with E-state index < -0.39 is 0 Å². The van der Waals surface area contributed by atoms with Gasteiger partial charge in [0.1, 0.15) is 0 Å². The molecule has 0 bridgehead atoms. The standard InChI is InChI=1S/C16H33NS/c1-2-3-4-5-6-7-8-11-15-18-16-14-17-12-9-10-13-17/h2-16H2,1H3. The van der Waals surface area contributed by atoms with E-state index in [1.54, 1.807) is 0 Å². The molecule has 0 spiro atoms. The zero-order valence-electron chi connectivity index (χ0n) is 12.5. The molecule has 1 nitrogen and oxygen atoms in total. The molecule has 0 aliphatic carbocycles. The van der Waals surface area contributed by atoms with Gasteiger partial charge in [-0.25, -0.2) is 0 Å². The topological polar surface area (TPSA) is 3.24 Å². The predicted octanol–water partition coefficient (Wildman–Crippen LogP) is 4.96. The lowest BCUT2D eigenvalue weighted by Crippen LogP contribution is -2.21. The van der Waals surface area contributed by atoms with E-state index in [4.69, 9.17) is 0 Å². The van der Waals surface area contributed by atoms with Crippen LogP contribution in [-0.4, -0.2) is 36.0 Å². The molecule has 1 aliphatic heterocycles. The summed E-state index contributed by atoms with van der Waals surface area (Å²) in [5, 5.41) is 0. The lowest BCUT2D eigenvalue weighted by Gasteiger charge is -2.13. The highest BCUT2D eigenvalue weighted by molar-refractivity contribution is 7.99. The Morgan fingerprint density at radius 1 is 0.778 bits per heavy atom. The molecule has 0 aromatic carbocycles. The first kappa shape index (κ1) is 16.4. The van der Waals surface area contributed by atoms with Crippen LogP contribution in [0, 0.1) is 0 Å². The van der Waals surface area contributed by atoms with Gasteiger partial charge in [-0.3, -0.25) is 0 Å². The molecule has 0 aromatic heterocycles. The van der Waals surface area contributed by atoms with Crippen LogP contribution in [0.3, 0.4) is 0 Å². The third kappa shape index (κ3) is 9.27. The Bertz CT molecular complexity index is 166. The van der Waals surface area contributed by atoms with Crippen LogP contribution < -0.4 is 0 Å². The summed E-state index contributed by atoms with van der Waals surface area (Å²) < 4.78 is 0. The van der Waals surface area contributed by atoms with Crippen molar-refractivity contribution in [1.82, 2.24) is 4.90 Å². The van der Waals surface area contributed by atoms with E-state index in [0.717, 1.165) is 0 Å². The Kier molecular flexibility index (Phi) is 11.2. The van der Waals surface area contributed by atoms with E-state index in [2.05, 4.69) is 23.6 Å². The maximum absolute atomic E-state index is 2.63. The number of thioether (sulfide) groups is 1. The lowest BCUT2D eigenvalue weighted by atomic mass is 10.1. The number of rotatable bonds is 12. The van der Waals surface area contributed by atoms with Gasteiger partial charge in [-0.15, -0.1) is 0 Å². The molecular weight excluding hydrogens is 238 g/mol. The summed E-state index contributed by atoms with van der Waals surface area (Å²) in [6.45, 7) is 6.34. The van der Waals surface area contributed by atoms with E-state index in [1.165, 1.54) is 95.3 Å². The van der Waals surface area contributed by atoms with Gasteiger partial charge in [0.05, 0.1) is 0 Å². The Morgan fingerprint density at radius 3 is 2.06 bits per heavy atom. The molecule has 0 amide bonds. The summed E-state index contributed by atoms with van der Waals surface area (Å²) in [7, 11) is 0. The highest BCUT2D eigenvalue weighted by Gasteiger charge is 2.09. The molecule has 0 aromatic rings. The van der Waals surface area contributed by atoms with Crippen LogP contribution >= 0.6 is 11.8 Å². The van der Waals surface area contributed by atoms with Gasteiger partial charge >= 0.3 is 0 Å². The van der Waals surface area contributed by atoms with Crippen molar-refractivity contribution in [3.63, 3.8) is 0 Å². The van der Waals surface area contributed by atoms with E-state index in [0.29, 0.717) is 0 Å². The monoisotopic (exact) mass is 271 g/mol.